The molecule has 0 saturated carbocycles. The van der Waals surface area contributed by atoms with E-state index in [1.165, 1.54) is 11.3 Å². The lowest BCUT2D eigenvalue weighted by molar-refractivity contribution is 0.0687. The summed E-state index contributed by atoms with van der Waals surface area (Å²) in [5.74, 6) is -1.83. The highest BCUT2D eigenvalue weighted by atomic mass is 32.1. The molecule has 3 rings (SSSR count). The van der Waals surface area contributed by atoms with Crippen molar-refractivity contribution in [3.05, 3.63) is 69.1 Å². The molecule has 0 bridgehead atoms. The molecule has 0 fully saturated rings. The summed E-state index contributed by atoms with van der Waals surface area (Å²) in [4.78, 5) is 23.8. The molecular weight excluding hydrogens is 360 g/mol. The van der Waals surface area contributed by atoms with Crippen LogP contribution in [0.2, 0.25) is 0 Å². The molecule has 0 amide bonds. The molecule has 0 atom stereocenters. The first-order valence-electron chi connectivity index (χ1n) is 8.48. The van der Waals surface area contributed by atoms with Crippen LogP contribution in [0.1, 0.15) is 42.3 Å². The minimum Gasteiger partial charge on any atom is -0.478 e. The number of carboxylic acids is 2. The van der Waals surface area contributed by atoms with Gasteiger partial charge < -0.3 is 10.2 Å². The second-order valence-corrected chi connectivity index (χ2v) is 7.83. The number of thiophene rings is 1. The van der Waals surface area contributed by atoms with Gasteiger partial charge in [0.1, 0.15) is 4.88 Å². The smallest absolute Gasteiger partial charge is 0.345 e. The Morgan fingerprint density at radius 3 is 1.70 bits per heavy atom. The SMILES string of the molecule is Cc1cc(-c2c(C)cc(-c3ccc(C(=O)O)s3)cc2C)cc(C)c1C(=O)O. The van der Waals surface area contributed by atoms with Gasteiger partial charge in [-0.3, -0.25) is 0 Å². The molecule has 0 radical (unpaired) electrons. The van der Waals surface area contributed by atoms with Crippen LogP contribution in [0.3, 0.4) is 0 Å². The average molecular weight is 380 g/mol. The summed E-state index contributed by atoms with van der Waals surface area (Å²) in [5.41, 5.74) is 7.03. The van der Waals surface area contributed by atoms with Crippen LogP contribution >= 0.6 is 11.3 Å². The van der Waals surface area contributed by atoms with E-state index in [0.29, 0.717) is 10.4 Å². The molecule has 0 unspecified atom stereocenters. The molecule has 0 aliphatic rings. The van der Waals surface area contributed by atoms with Crippen molar-refractivity contribution < 1.29 is 19.8 Å². The highest BCUT2D eigenvalue weighted by molar-refractivity contribution is 7.17. The summed E-state index contributed by atoms with van der Waals surface area (Å²) in [6.07, 6.45) is 0. The van der Waals surface area contributed by atoms with E-state index in [1.807, 2.05) is 45.9 Å². The van der Waals surface area contributed by atoms with Crippen LogP contribution in [0.4, 0.5) is 0 Å². The summed E-state index contributed by atoms with van der Waals surface area (Å²) in [7, 11) is 0. The topological polar surface area (TPSA) is 74.6 Å². The van der Waals surface area contributed by atoms with Crippen LogP contribution in [0.25, 0.3) is 21.6 Å². The predicted molar refractivity (Wildman–Crippen MR) is 108 cm³/mol. The highest BCUT2D eigenvalue weighted by Gasteiger charge is 2.16. The van der Waals surface area contributed by atoms with Crippen LogP contribution in [0.5, 0.6) is 0 Å². The Kier molecular flexibility index (Phi) is 4.89. The molecule has 3 aromatic rings. The number of hydrogen-bond donors (Lipinski definition) is 2. The maximum atomic E-state index is 11.4. The number of benzene rings is 2. The van der Waals surface area contributed by atoms with Crippen LogP contribution in [-0.2, 0) is 0 Å². The van der Waals surface area contributed by atoms with Crippen LogP contribution in [0.15, 0.2) is 36.4 Å². The van der Waals surface area contributed by atoms with E-state index in [1.54, 1.807) is 6.07 Å². The van der Waals surface area contributed by atoms with Crippen LogP contribution in [-0.4, -0.2) is 22.2 Å². The zero-order valence-electron chi connectivity index (χ0n) is 15.6. The third-order valence-corrected chi connectivity index (χ3v) is 5.79. The van der Waals surface area contributed by atoms with Gasteiger partial charge in [-0.1, -0.05) is 12.1 Å². The number of carboxylic acid groups (broad SMARTS) is 2. The summed E-state index contributed by atoms with van der Waals surface area (Å²) >= 11 is 1.26. The van der Waals surface area contributed by atoms with Crippen molar-refractivity contribution >= 4 is 23.3 Å². The largest absolute Gasteiger partial charge is 0.478 e. The first kappa shape index (κ1) is 18.9. The van der Waals surface area contributed by atoms with Gasteiger partial charge in [-0.25, -0.2) is 9.59 Å². The quantitative estimate of drug-likeness (QED) is 0.608. The number of rotatable bonds is 4. The molecule has 27 heavy (non-hydrogen) atoms. The Hall–Kier alpha value is -2.92. The molecule has 4 nitrogen and oxygen atoms in total. The molecule has 1 aromatic heterocycles. The maximum absolute atomic E-state index is 11.4. The van der Waals surface area contributed by atoms with Crippen molar-refractivity contribution in [2.24, 2.45) is 0 Å². The fourth-order valence-electron chi connectivity index (χ4n) is 3.61. The second kappa shape index (κ2) is 7.00. The lowest BCUT2D eigenvalue weighted by atomic mass is 9.89. The van der Waals surface area contributed by atoms with Crippen molar-refractivity contribution in [1.29, 1.82) is 0 Å². The number of aromatic carboxylic acids is 2. The molecule has 138 valence electrons. The molecule has 0 aliphatic carbocycles. The van der Waals surface area contributed by atoms with Crippen LogP contribution < -0.4 is 0 Å². The Bertz CT molecular complexity index is 1030. The number of aryl methyl sites for hydroxylation is 4. The van der Waals surface area contributed by atoms with E-state index in [9.17, 15) is 14.7 Å². The average Bonchev–Trinajstić information content (AvgIpc) is 3.03. The number of carbonyl (C=O) groups is 2. The Morgan fingerprint density at radius 1 is 0.741 bits per heavy atom. The van der Waals surface area contributed by atoms with E-state index < -0.39 is 11.9 Å². The summed E-state index contributed by atoms with van der Waals surface area (Å²) in [6.45, 7) is 7.68. The van der Waals surface area contributed by atoms with Crippen molar-refractivity contribution in [1.82, 2.24) is 0 Å². The van der Waals surface area contributed by atoms with E-state index >= 15 is 0 Å². The first-order valence-corrected chi connectivity index (χ1v) is 9.30. The zero-order chi connectivity index (χ0) is 19.9. The van der Waals surface area contributed by atoms with Crippen molar-refractivity contribution in [2.45, 2.75) is 27.7 Å². The Balaban J connectivity index is 2.10. The maximum Gasteiger partial charge on any atom is 0.345 e. The predicted octanol–water partition coefficient (Wildman–Crippen LogP) is 5.71. The number of hydrogen-bond acceptors (Lipinski definition) is 3. The van der Waals surface area contributed by atoms with Gasteiger partial charge >= 0.3 is 11.9 Å². The normalized spacial score (nSPS) is 10.8. The lowest BCUT2D eigenvalue weighted by Gasteiger charge is -2.15. The van der Waals surface area contributed by atoms with Gasteiger partial charge in [-0.15, -0.1) is 11.3 Å². The minimum atomic E-state index is -0.916. The second-order valence-electron chi connectivity index (χ2n) is 6.74. The van der Waals surface area contributed by atoms with Gasteiger partial charge in [0.15, 0.2) is 0 Å². The van der Waals surface area contributed by atoms with E-state index in [2.05, 4.69) is 12.1 Å². The standard InChI is InChI=1S/C22H20O4S/c1-11-7-15(17-5-6-18(27-17)21(23)24)8-12(2)19(11)16-9-13(3)20(22(25)26)14(4)10-16/h5-10H,1-4H3,(H,23,24)(H,25,26). The van der Waals surface area contributed by atoms with Gasteiger partial charge in [0.2, 0.25) is 0 Å². The van der Waals surface area contributed by atoms with E-state index in [-0.39, 0.29) is 0 Å². The van der Waals surface area contributed by atoms with Crippen molar-refractivity contribution in [3.8, 4) is 21.6 Å². The zero-order valence-corrected chi connectivity index (χ0v) is 16.4. The fourth-order valence-corrected chi connectivity index (χ4v) is 4.45. The third-order valence-electron chi connectivity index (χ3n) is 4.67. The lowest BCUT2D eigenvalue weighted by Crippen LogP contribution is -2.03. The van der Waals surface area contributed by atoms with E-state index in [4.69, 9.17) is 5.11 Å². The highest BCUT2D eigenvalue weighted by Crippen LogP contribution is 2.36. The fraction of sp³-hybridized carbons (Fsp3) is 0.182. The van der Waals surface area contributed by atoms with Crippen molar-refractivity contribution in [2.75, 3.05) is 0 Å². The van der Waals surface area contributed by atoms with Gasteiger partial charge in [0.05, 0.1) is 5.56 Å². The Morgan fingerprint density at radius 2 is 1.26 bits per heavy atom. The van der Waals surface area contributed by atoms with Gasteiger partial charge in [0, 0.05) is 4.88 Å². The first-order chi connectivity index (χ1) is 12.7. The summed E-state index contributed by atoms with van der Waals surface area (Å²) in [6, 6.07) is 11.4. The molecule has 0 saturated heterocycles. The molecule has 5 heteroatoms. The van der Waals surface area contributed by atoms with Gasteiger partial charge in [-0.05, 0) is 90.9 Å². The van der Waals surface area contributed by atoms with Crippen LogP contribution in [0, 0.1) is 27.7 Å². The van der Waals surface area contributed by atoms with Gasteiger partial charge in [-0.2, -0.15) is 0 Å². The van der Waals surface area contributed by atoms with Crippen molar-refractivity contribution in [3.63, 3.8) is 0 Å². The molecule has 0 spiro atoms. The molecule has 2 N–H and O–H groups in total. The summed E-state index contributed by atoms with van der Waals surface area (Å²) < 4.78 is 0. The minimum absolute atomic E-state index is 0.319. The Labute approximate surface area is 161 Å². The van der Waals surface area contributed by atoms with Gasteiger partial charge in [0.25, 0.3) is 0 Å². The summed E-state index contributed by atoms with van der Waals surface area (Å²) in [5, 5.41) is 18.5. The molecule has 0 aliphatic heterocycles. The van der Waals surface area contributed by atoms with E-state index in [0.717, 1.165) is 43.8 Å². The molecule has 1 heterocycles. The monoisotopic (exact) mass is 380 g/mol. The third kappa shape index (κ3) is 3.51. The molecular formula is C22H20O4S. The molecule has 2 aromatic carbocycles.